The molecule has 22 heavy (non-hydrogen) atoms. The minimum Gasteiger partial charge on any atom is -0.505 e. The Hall–Kier alpha value is -2.95. The Labute approximate surface area is 124 Å². The van der Waals surface area contributed by atoms with E-state index < -0.39 is 11.6 Å². The molecule has 5 heteroatoms. The van der Waals surface area contributed by atoms with Crippen LogP contribution in [0.4, 0.5) is 4.39 Å². The summed E-state index contributed by atoms with van der Waals surface area (Å²) in [6, 6.07) is 6.75. The normalized spacial score (nSPS) is 10.8. The predicted octanol–water partition coefficient (Wildman–Crippen LogP) is 3.43. The molecule has 0 fully saturated rings. The van der Waals surface area contributed by atoms with E-state index in [1.54, 1.807) is 13.0 Å². The molecule has 1 heterocycles. The van der Waals surface area contributed by atoms with E-state index >= 15 is 0 Å². The molecule has 4 nitrogen and oxygen atoms in total. The fourth-order valence-electron chi connectivity index (χ4n) is 2.30. The smallest absolute Gasteiger partial charge is 0.200 e. The van der Waals surface area contributed by atoms with Crippen LogP contribution in [0.5, 0.6) is 5.75 Å². The molecule has 0 radical (unpaired) electrons. The average Bonchev–Trinajstić information content (AvgIpc) is 2.51. The Balaban J connectivity index is 2.28. The zero-order chi connectivity index (χ0) is 15.9. The van der Waals surface area contributed by atoms with Crippen LogP contribution < -0.4 is 5.43 Å². The summed E-state index contributed by atoms with van der Waals surface area (Å²) in [5.74, 6) is -1.30. The number of phenolic OH excluding ortho intramolecular Hbond substituents is 1. The van der Waals surface area contributed by atoms with Gasteiger partial charge in [0.25, 0.3) is 0 Å². The van der Waals surface area contributed by atoms with Gasteiger partial charge in [-0.15, -0.1) is 0 Å². The molecule has 0 unspecified atom stereocenters. The van der Waals surface area contributed by atoms with Crippen molar-refractivity contribution >= 4 is 17.3 Å². The van der Waals surface area contributed by atoms with Crippen LogP contribution in [-0.4, -0.2) is 11.4 Å². The molecule has 110 valence electrons. The lowest BCUT2D eigenvalue weighted by atomic mass is 10.0. The van der Waals surface area contributed by atoms with Gasteiger partial charge >= 0.3 is 0 Å². The van der Waals surface area contributed by atoms with Crippen LogP contribution in [0.3, 0.4) is 0 Å². The molecule has 1 aromatic heterocycles. The summed E-state index contributed by atoms with van der Waals surface area (Å²) in [5, 5.41) is 9.53. The molecule has 0 spiro atoms. The van der Waals surface area contributed by atoms with Gasteiger partial charge in [-0.25, -0.2) is 4.39 Å². The van der Waals surface area contributed by atoms with Gasteiger partial charge in [0.1, 0.15) is 18.1 Å². The second kappa shape index (κ2) is 5.11. The molecule has 0 saturated carbocycles. The number of aryl methyl sites for hydroxylation is 1. The maximum Gasteiger partial charge on any atom is 0.200 e. The monoisotopic (exact) mass is 298 g/mol. The van der Waals surface area contributed by atoms with Gasteiger partial charge in [0.05, 0.1) is 10.9 Å². The van der Waals surface area contributed by atoms with Crippen LogP contribution in [0.1, 0.15) is 15.9 Å². The van der Waals surface area contributed by atoms with E-state index in [1.165, 1.54) is 24.5 Å². The molecular weight excluding hydrogens is 287 g/mol. The Morgan fingerprint density at radius 3 is 2.68 bits per heavy atom. The standard InChI is InChI=1S/C17H11FO4/c1-9-4-12-16(6-11(9)7-19)22-8-13(17(12)21)10-2-3-15(20)14(18)5-10/h2-8,20H,1H3. The van der Waals surface area contributed by atoms with Crippen molar-refractivity contribution in [2.45, 2.75) is 6.92 Å². The van der Waals surface area contributed by atoms with Crippen molar-refractivity contribution in [3.05, 3.63) is 63.8 Å². The summed E-state index contributed by atoms with van der Waals surface area (Å²) in [6.07, 6.45) is 1.92. The van der Waals surface area contributed by atoms with Crippen molar-refractivity contribution in [3.63, 3.8) is 0 Å². The number of benzene rings is 2. The summed E-state index contributed by atoms with van der Waals surface area (Å²) in [4.78, 5) is 23.5. The van der Waals surface area contributed by atoms with Gasteiger partial charge in [0.15, 0.2) is 11.6 Å². The molecule has 0 bridgehead atoms. The van der Waals surface area contributed by atoms with Crippen molar-refractivity contribution in [2.75, 3.05) is 0 Å². The molecule has 0 aliphatic heterocycles. The summed E-state index contributed by atoms with van der Waals surface area (Å²) in [6.45, 7) is 1.72. The van der Waals surface area contributed by atoms with Crippen LogP contribution in [0.25, 0.3) is 22.1 Å². The number of halogens is 1. The minimum absolute atomic E-state index is 0.185. The molecular formula is C17H11FO4. The third-order valence-corrected chi connectivity index (χ3v) is 3.55. The molecule has 0 atom stereocenters. The van der Waals surface area contributed by atoms with Gasteiger partial charge in [0.2, 0.25) is 5.43 Å². The topological polar surface area (TPSA) is 67.5 Å². The second-order valence-corrected chi connectivity index (χ2v) is 4.97. The first kappa shape index (κ1) is 14.0. The molecule has 0 saturated heterocycles. The highest BCUT2D eigenvalue weighted by Crippen LogP contribution is 2.25. The molecule has 3 rings (SSSR count). The van der Waals surface area contributed by atoms with Crippen LogP contribution in [0.15, 0.2) is 45.8 Å². The number of carbonyl (C=O) groups is 1. The third-order valence-electron chi connectivity index (χ3n) is 3.55. The number of fused-ring (bicyclic) bond motifs is 1. The van der Waals surface area contributed by atoms with Crippen molar-refractivity contribution < 1.29 is 18.7 Å². The first-order chi connectivity index (χ1) is 10.5. The maximum atomic E-state index is 13.5. The second-order valence-electron chi connectivity index (χ2n) is 4.97. The van der Waals surface area contributed by atoms with Crippen molar-refractivity contribution in [1.82, 2.24) is 0 Å². The fourth-order valence-corrected chi connectivity index (χ4v) is 2.30. The van der Waals surface area contributed by atoms with E-state index in [4.69, 9.17) is 4.42 Å². The highest BCUT2D eigenvalue weighted by Gasteiger charge is 2.12. The molecule has 2 aromatic carbocycles. The van der Waals surface area contributed by atoms with Crippen LogP contribution >= 0.6 is 0 Å². The van der Waals surface area contributed by atoms with Gasteiger partial charge in [0, 0.05) is 5.56 Å². The Morgan fingerprint density at radius 1 is 1.23 bits per heavy atom. The number of carbonyl (C=O) groups excluding carboxylic acids is 1. The van der Waals surface area contributed by atoms with Crippen LogP contribution in [0.2, 0.25) is 0 Å². The third kappa shape index (κ3) is 2.16. The first-order valence-electron chi connectivity index (χ1n) is 6.51. The molecule has 0 aliphatic carbocycles. The van der Waals surface area contributed by atoms with E-state index in [0.29, 0.717) is 33.9 Å². The van der Waals surface area contributed by atoms with E-state index in [0.717, 1.165) is 6.07 Å². The first-order valence-corrected chi connectivity index (χ1v) is 6.51. The number of aromatic hydroxyl groups is 1. The van der Waals surface area contributed by atoms with E-state index in [1.807, 2.05) is 0 Å². The van der Waals surface area contributed by atoms with Crippen molar-refractivity contribution in [2.24, 2.45) is 0 Å². The summed E-state index contributed by atoms with van der Waals surface area (Å²) < 4.78 is 18.9. The average molecular weight is 298 g/mol. The summed E-state index contributed by atoms with van der Waals surface area (Å²) in [5.41, 5.74) is 1.56. The minimum atomic E-state index is -0.815. The largest absolute Gasteiger partial charge is 0.505 e. The zero-order valence-electron chi connectivity index (χ0n) is 11.6. The van der Waals surface area contributed by atoms with Gasteiger partial charge in [-0.05, 0) is 42.3 Å². The lowest BCUT2D eigenvalue weighted by Gasteiger charge is -2.06. The molecule has 1 N–H and O–H groups in total. The predicted molar refractivity (Wildman–Crippen MR) is 79.7 cm³/mol. The van der Waals surface area contributed by atoms with E-state index in [2.05, 4.69) is 0 Å². The Bertz CT molecular complexity index is 957. The van der Waals surface area contributed by atoms with Crippen LogP contribution in [-0.2, 0) is 0 Å². The van der Waals surface area contributed by atoms with Gasteiger partial charge in [-0.3, -0.25) is 9.59 Å². The number of hydrogen-bond donors (Lipinski definition) is 1. The molecule has 3 aromatic rings. The van der Waals surface area contributed by atoms with Crippen LogP contribution in [0, 0.1) is 12.7 Å². The van der Waals surface area contributed by atoms with Gasteiger partial charge in [-0.2, -0.15) is 0 Å². The SMILES string of the molecule is Cc1cc2c(=O)c(-c3ccc(O)c(F)c3)coc2cc1C=O. The van der Waals surface area contributed by atoms with E-state index in [-0.39, 0.29) is 11.0 Å². The lowest BCUT2D eigenvalue weighted by Crippen LogP contribution is -2.06. The van der Waals surface area contributed by atoms with E-state index in [9.17, 15) is 19.1 Å². The highest BCUT2D eigenvalue weighted by molar-refractivity contribution is 5.89. The summed E-state index contributed by atoms with van der Waals surface area (Å²) >= 11 is 0. The number of hydrogen-bond acceptors (Lipinski definition) is 4. The van der Waals surface area contributed by atoms with Crippen molar-refractivity contribution in [1.29, 1.82) is 0 Å². The van der Waals surface area contributed by atoms with Crippen molar-refractivity contribution in [3.8, 4) is 16.9 Å². The van der Waals surface area contributed by atoms with Gasteiger partial charge in [-0.1, -0.05) is 6.07 Å². The quantitative estimate of drug-likeness (QED) is 0.736. The molecule has 0 aliphatic rings. The summed E-state index contributed by atoms with van der Waals surface area (Å²) in [7, 11) is 0. The Kier molecular flexibility index (Phi) is 3.25. The number of rotatable bonds is 2. The number of phenols is 1. The Morgan fingerprint density at radius 2 is 2.00 bits per heavy atom. The number of aldehydes is 1. The molecule has 0 amide bonds. The maximum absolute atomic E-state index is 13.5. The zero-order valence-corrected chi connectivity index (χ0v) is 11.6. The fraction of sp³-hybridized carbons (Fsp3) is 0.0588. The highest BCUT2D eigenvalue weighted by atomic mass is 19.1. The lowest BCUT2D eigenvalue weighted by molar-refractivity contribution is 0.112. The van der Waals surface area contributed by atoms with Gasteiger partial charge < -0.3 is 9.52 Å².